The highest BCUT2D eigenvalue weighted by atomic mass is 35.5. The average Bonchev–Trinajstić information content (AvgIpc) is 0.753. The number of nitrogens with two attached hydrogens (primary N) is 2. The van der Waals surface area contributed by atoms with Crippen LogP contribution in [0, 0.1) is 5.92 Å². The third-order valence-corrected chi connectivity index (χ3v) is 29.7. The largest absolute Gasteiger partial charge is 0.508 e. The molecule has 0 aromatic heterocycles. The first kappa shape index (κ1) is 108. The van der Waals surface area contributed by atoms with Gasteiger partial charge in [0, 0.05) is 71.2 Å². The van der Waals surface area contributed by atoms with Crippen molar-refractivity contribution in [3.05, 3.63) is 176 Å². The van der Waals surface area contributed by atoms with Crippen LogP contribution in [-0.4, -0.2) is 259 Å². The highest BCUT2D eigenvalue weighted by Gasteiger charge is 2.60. The van der Waals surface area contributed by atoms with E-state index < -0.39 is 330 Å². The molecule has 15 rings (SSSR count). The number of fused-ring (bicyclic) bond motifs is 15. The van der Waals surface area contributed by atoms with Crippen LogP contribution >= 0.6 is 50.0 Å². The number of carbonyl (C=O) groups is 9. The van der Waals surface area contributed by atoms with E-state index >= 15 is 28.8 Å². The van der Waals surface area contributed by atoms with Gasteiger partial charge in [-0.1, -0.05) is 103 Å². The van der Waals surface area contributed by atoms with Gasteiger partial charge in [-0.25, -0.2) is 9.59 Å². The molecule has 3 fully saturated rings. The van der Waals surface area contributed by atoms with Crippen LogP contribution in [-0.2, 0) is 87.2 Å². The van der Waals surface area contributed by atoms with E-state index in [2.05, 4.69) is 42.5 Å². The second-order valence-electron chi connectivity index (χ2n) is 35.9. The Balaban J connectivity index is 0.998. The molecule has 0 aliphatic carbocycles. The Morgan fingerprint density at radius 3 is 1.82 bits per heavy atom. The molecule has 7 aromatic rings. The van der Waals surface area contributed by atoms with Crippen molar-refractivity contribution in [3.8, 4) is 68.2 Å². The van der Waals surface area contributed by atoms with Gasteiger partial charge in [-0.15, -0.1) is 0 Å². The number of esters is 1. The molecule has 51 heteroatoms. The molecule has 7 aromatic carbocycles. The van der Waals surface area contributed by atoms with Gasteiger partial charge in [-0.3, -0.25) is 42.7 Å². The fourth-order valence-corrected chi connectivity index (χ4v) is 20.0. The number of aliphatic hydroxyl groups excluding tert-OH is 6. The van der Waals surface area contributed by atoms with Gasteiger partial charge in [0.05, 0.1) is 53.5 Å². The van der Waals surface area contributed by atoms with E-state index in [1.165, 1.54) is 40.0 Å². The third kappa shape index (κ3) is 24.3. The summed E-state index contributed by atoms with van der Waals surface area (Å²) in [5.41, 5.74) is 8.57. The van der Waals surface area contributed by atoms with E-state index in [1.54, 1.807) is 32.9 Å². The Labute approximate surface area is 824 Å². The van der Waals surface area contributed by atoms with Crippen molar-refractivity contribution >= 4 is 103 Å². The molecule has 27 N–H and O–H groups in total. The van der Waals surface area contributed by atoms with Crippen molar-refractivity contribution < 1.29 is 170 Å². The number of likely N-dealkylation sites (N-methyl/N-ethyl adjacent to an activating group) is 1. The minimum absolute atomic E-state index is 0.152. The van der Waals surface area contributed by atoms with Gasteiger partial charge in [0.25, 0.3) is 5.08 Å². The Bertz CT molecular complexity index is 5990. The van der Waals surface area contributed by atoms with E-state index in [1.807, 2.05) is 41.7 Å². The van der Waals surface area contributed by atoms with Crippen molar-refractivity contribution in [2.75, 3.05) is 27.0 Å². The number of benzene rings is 7. The molecule has 11 bridgehead atoms. The third-order valence-electron chi connectivity index (χ3n) is 25.0. The van der Waals surface area contributed by atoms with Crippen LogP contribution in [0.5, 0.6) is 46.0 Å². The smallest absolute Gasteiger partial charge is 0.410 e. The fourth-order valence-electron chi connectivity index (χ4n) is 17.2. The summed E-state index contributed by atoms with van der Waals surface area (Å²) in [6.07, 6.45) is -27.4. The average molecular weight is 2080 g/mol. The van der Waals surface area contributed by atoms with E-state index in [0.29, 0.717) is 11.1 Å². The van der Waals surface area contributed by atoms with Crippen molar-refractivity contribution in [1.82, 2.24) is 47.9 Å². The molecule has 0 spiro atoms. The minimum Gasteiger partial charge on any atom is -0.508 e. The fraction of sp³-hybridized carbons (Fsp3) is 0.440. The number of hydrogen-bond donors (Lipinski definition) is 25. The molecule has 0 radical (unpaired) electrons. The standard InChI is InChI=1S/C91H108Cl3N11O35P2/c1-38(2)24-54(97-7)80(116)104-70-72(111)45-15-20-58(52(93)26-45)135-60-28-47-29-61(76(60)140-87-77(74(113)73(112)62(36-106)137-87)139-65-34-90(6,79(115)40(4)134-65)99-35-41-8-10-42(11-9-41)43-12-17-48(92)18-13-43)136-59-21-16-46(27-53(59)94)75(138-64-33-89(5,96)78(114)39(3)133-64)71-85(121)103-69(86(122)131-37-132-88(123)98-23-22-91(124,141(125,126)127)142(128,129)130)51-30-49(107)31-57(109)66(51)50-25-44(14-19-56(50)108)67(82(118)105-71)102-83(119)68(47)101-81(117)55(32-63(95)110)100-84(70)120/h8-21,25-31,38-40,54-55,62,64-65,67-75,77-79,87,97,99,106-109,111-115,124H,22-24,32-37,96H2,1-7H3,(H2,95,110)(H,98,123)(H,100,120)(H,101,117)(H,102,119)(H,103,121)(H,104,116)(H,105,118)(H2,125,126,127)(H2,128,129,130). The molecule has 768 valence electrons. The summed E-state index contributed by atoms with van der Waals surface area (Å²) in [6.45, 7) is 6.06. The number of ether oxygens (including phenoxy) is 10. The minimum atomic E-state index is -6.07. The van der Waals surface area contributed by atoms with Crippen LogP contribution in [0.15, 0.2) is 127 Å². The van der Waals surface area contributed by atoms with Gasteiger partial charge >= 0.3 is 27.3 Å². The number of amides is 8. The van der Waals surface area contributed by atoms with E-state index in [4.69, 9.17) is 93.6 Å². The van der Waals surface area contributed by atoms with E-state index in [0.717, 1.165) is 77.4 Å². The zero-order valence-corrected chi connectivity index (χ0v) is 80.7. The number of aliphatic hydroxyl groups is 7. The molecule has 8 aliphatic rings. The number of hydrogen-bond acceptors (Lipinski definition) is 34. The second-order valence-corrected chi connectivity index (χ2v) is 41.2. The number of nitrogens with one attached hydrogen (secondary N) is 9. The highest BCUT2D eigenvalue weighted by molar-refractivity contribution is 7.72. The molecule has 8 amide bonds. The van der Waals surface area contributed by atoms with Gasteiger partial charge in [-0.2, -0.15) is 0 Å². The van der Waals surface area contributed by atoms with Crippen molar-refractivity contribution in [1.29, 1.82) is 0 Å². The Kier molecular flexibility index (Phi) is 33.7. The molecule has 22 atom stereocenters. The first-order valence-electron chi connectivity index (χ1n) is 44.3. The summed E-state index contributed by atoms with van der Waals surface area (Å²) < 4.78 is 87.5. The maximum Gasteiger partial charge on any atom is 0.410 e. The van der Waals surface area contributed by atoms with Crippen molar-refractivity contribution in [2.24, 2.45) is 17.4 Å². The van der Waals surface area contributed by atoms with Crippen LogP contribution < -0.4 is 73.5 Å². The predicted octanol–water partition coefficient (Wildman–Crippen LogP) is 3.03. The number of aromatic hydroxyl groups is 3. The van der Waals surface area contributed by atoms with E-state index in [9.17, 15) is 94.2 Å². The van der Waals surface area contributed by atoms with Crippen LogP contribution in [0.1, 0.15) is 137 Å². The summed E-state index contributed by atoms with van der Waals surface area (Å²) in [4.78, 5) is 176. The molecule has 3 saturated heterocycles. The maximum absolute atomic E-state index is 16.8. The van der Waals surface area contributed by atoms with Gasteiger partial charge in [0.1, 0.15) is 89.5 Å². The van der Waals surface area contributed by atoms with Gasteiger partial charge in [0.15, 0.2) is 36.2 Å². The Morgan fingerprint density at radius 1 is 0.641 bits per heavy atom. The lowest BCUT2D eigenvalue weighted by molar-refractivity contribution is -0.334. The summed E-state index contributed by atoms with van der Waals surface area (Å²) in [5.74, 6) is -17.5. The molecular formula is C91H108Cl3N11O35P2. The van der Waals surface area contributed by atoms with Crippen LogP contribution in [0.4, 0.5) is 4.79 Å². The van der Waals surface area contributed by atoms with Crippen LogP contribution in [0.25, 0.3) is 22.3 Å². The highest BCUT2D eigenvalue weighted by Crippen LogP contribution is 2.69. The molecule has 8 aliphatic heterocycles. The quantitative estimate of drug-likeness (QED) is 0.0210. The second kappa shape index (κ2) is 44.3. The normalized spacial score (nSPS) is 27.9. The number of phenolic OH excluding ortho intramolecular Hbond substituents is 3. The molecule has 46 nitrogen and oxygen atoms in total. The Morgan fingerprint density at radius 2 is 1.23 bits per heavy atom. The summed E-state index contributed by atoms with van der Waals surface area (Å²) >= 11 is 20.9. The first-order valence-corrected chi connectivity index (χ1v) is 48.7. The lowest BCUT2D eigenvalue weighted by Gasteiger charge is -2.48. The van der Waals surface area contributed by atoms with Crippen molar-refractivity contribution in [2.45, 2.75) is 219 Å². The van der Waals surface area contributed by atoms with Gasteiger partial charge < -0.3 is 177 Å². The van der Waals surface area contributed by atoms with E-state index in [-0.39, 0.29) is 36.4 Å². The topological polar surface area (TPSA) is 724 Å². The number of primary amides is 1. The molecule has 22 unspecified atom stereocenters. The monoisotopic (exact) mass is 2080 g/mol. The first-order chi connectivity index (χ1) is 66.8. The number of alkyl carbamates (subject to hydrolysis) is 1. The lowest BCUT2D eigenvalue weighted by Crippen LogP contribution is -2.65. The van der Waals surface area contributed by atoms with Crippen LogP contribution in [0.3, 0.4) is 0 Å². The predicted molar refractivity (Wildman–Crippen MR) is 497 cm³/mol. The zero-order chi connectivity index (χ0) is 104. The lowest BCUT2D eigenvalue weighted by atomic mass is 9.84. The zero-order valence-electron chi connectivity index (χ0n) is 76.6. The van der Waals surface area contributed by atoms with Gasteiger partial charge in [-0.05, 0) is 153 Å². The summed E-state index contributed by atoms with van der Waals surface area (Å²) in [7, 11) is -10.7. The van der Waals surface area contributed by atoms with Crippen LogP contribution in [0.2, 0.25) is 15.1 Å². The SMILES string of the molecule is CNC(CC(C)C)C(=O)NC1C(=O)NC(CC(N)=O)C(=O)NC2C(=O)NC3C(=O)NC(C(=O)NC(C(=O)OCOC(=O)NCCC(O)(P(=O)(O)O)P(=O)(O)O)c4cc(O)cc(O)c4-c4cc3ccc4O)C(OC3CC(C)(N)C(O)C(C)O3)c3ccc(c(Cl)c3)Oc3cc2cc(c3OC2OC(CO)C(O)C(O)C2OC2CC(C)(NCc3ccc(-c4ccc(Cl)cc4)cc3)C(O)C(C)O2)Oc2ccc(cc2Cl)C1O. The number of carbonyl (C=O) groups excluding carboxylic acids is 9. The molecular weight excluding hydrogens is 1980 g/mol. The summed E-state index contributed by atoms with van der Waals surface area (Å²) in [5, 5.41) is 136. The maximum atomic E-state index is 16.8. The Hall–Kier alpha value is -11.1. The summed E-state index contributed by atoms with van der Waals surface area (Å²) in [6, 6.07) is 12.6. The molecule has 142 heavy (non-hydrogen) atoms. The number of halogens is 3. The molecule has 8 heterocycles. The van der Waals surface area contributed by atoms with Gasteiger partial charge in [0.2, 0.25) is 60.2 Å². The van der Waals surface area contributed by atoms with Crippen molar-refractivity contribution in [3.63, 3.8) is 0 Å². The molecule has 0 saturated carbocycles. The number of phenols is 3. The number of rotatable bonds is 26.